The van der Waals surface area contributed by atoms with Gasteiger partial charge in [-0.25, -0.2) is 0 Å². The van der Waals surface area contributed by atoms with Gasteiger partial charge in [0.05, 0.1) is 0 Å². The average molecular weight is 311 g/mol. The topological polar surface area (TPSA) is 41.1 Å². The second kappa shape index (κ2) is 9.80. The van der Waals surface area contributed by atoms with Crippen molar-refractivity contribution in [1.82, 2.24) is 5.32 Å². The summed E-state index contributed by atoms with van der Waals surface area (Å²) in [5.74, 6) is 0.815. The number of carbonyl (C=O) groups excluding carboxylic acids is 1. The number of nitrogens with one attached hydrogen (secondary N) is 2. The summed E-state index contributed by atoms with van der Waals surface area (Å²) in [5, 5.41) is 6.33. The largest absolute Gasteiger partial charge is 0.326 e. The predicted molar refractivity (Wildman–Crippen MR) is 91.1 cm³/mol. The van der Waals surface area contributed by atoms with Crippen molar-refractivity contribution in [2.75, 3.05) is 18.4 Å². The molecular weight excluding hydrogens is 284 g/mol. The van der Waals surface area contributed by atoms with Crippen molar-refractivity contribution in [2.24, 2.45) is 5.92 Å². The third-order valence-electron chi connectivity index (χ3n) is 4.00. The molecule has 1 aromatic carbocycles. The molecule has 4 heteroatoms. The Balaban J connectivity index is 0.00000220. The highest BCUT2D eigenvalue weighted by molar-refractivity contribution is 5.90. The summed E-state index contributed by atoms with van der Waals surface area (Å²) in [6.07, 6.45) is 6.39. The number of benzene rings is 1. The van der Waals surface area contributed by atoms with Crippen LogP contribution in [0.5, 0.6) is 0 Å². The monoisotopic (exact) mass is 310 g/mol. The molecule has 1 amide bonds. The van der Waals surface area contributed by atoms with Gasteiger partial charge in [-0.05, 0) is 62.4 Å². The molecule has 3 nitrogen and oxygen atoms in total. The molecule has 0 bridgehead atoms. The number of hydrogen-bond donors (Lipinski definition) is 2. The lowest BCUT2D eigenvalue weighted by atomic mass is 10.0. The van der Waals surface area contributed by atoms with Gasteiger partial charge in [0.15, 0.2) is 0 Å². The highest BCUT2D eigenvalue weighted by Crippen LogP contribution is 2.16. The molecule has 1 aliphatic heterocycles. The zero-order chi connectivity index (χ0) is 14.2. The fourth-order valence-corrected chi connectivity index (χ4v) is 2.66. The molecule has 0 radical (unpaired) electrons. The molecule has 2 N–H and O–H groups in total. The van der Waals surface area contributed by atoms with Crippen LogP contribution in [0, 0.1) is 5.92 Å². The van der Waals surface area contributed by atoms with Gasteiger partial charge in [0.1, 0.15) is 0 Å². The van der Waals surface area contributed by atoms with E-state index in [1.165, 1.54) is 24.8 Å². The van der Waals surface area contributed by atoms with Crippen molar-refractivity contribution in [3.63, 3.8) is 0 Å². The first-order valence-corrected chi connectivity index (χ1v) is 7.87. The van der Waals surface area contributed by atoms with E-state index < -0.39 is 0 Å². The van der Waals surface area contributed by atoms with Gasteiger partial charge in [-0.15, -0.1) is 12.4 Å². The number of hydrogen-bond acceptors (Lipinski definition) is 2. The van der Waals surface area contributed by atoms with Crippen molar-refractivity contribution < 1.29 is 4.79 Å². The highest BCUT2D eigenvalue weighted by atomic mass is 35.5. The van der Waals surface area contributed by atoms with E-state index in [0.717, 1.165) is 31.6 Å². The molecule has 0 saturated carbocycles. The Kier molecular flexibility index (Phi) is 8.40. The quantitative estimate of drug-likeness (QED) is 0.804. The Morgan fingerprint density at radius 1 is 1.33 bits per heavy atom. The molecule has 1 atom stereocenters. The van der Waals surface area contributed by atoms with Crippen LogP contribution in [-0.2, 0) is 11.2 Å². The van der Waals surface area contributed by atoms with Crippen LogP contribution in [0.4, 0.5) is 5.69 Å². The van der Waals surface area contributed by atoms with Gasteiger partial charge in [-0.2, -0.15) is 0 Å². The summed E-state index contributed by atoms with van der Waals surface area (Å²) < 4.78 is 0. The number of amides is 1. The Morgan fingerprint density at radius 3 is 2.71 bits per heavy atom. The molecule has 2 rings (SSSR count). The van der Waals surface area contributed by atoms with Crippen LogP contribution in [0.3, 0.4) is 0 Å². The van der Waals surface area contributed by atoms with Crippen molar-refractivity contribution in [3.8, 4) is 0 Å². The zero-order valence-electron chi connectivity index (χ0n) is 12.9. The van der Waals surface area contributed by atoms with E-state index in [2.05, 4.69) is 29.7 Å². The van der Waals surface area contributed by atoms with Gasteiger partial charge in [0, 0.05) is 12.1 Å². The standard InChI is InChI=1S/C17H26N2O.ClH/c1-2-3-4-14-5-8-16(9-6-14)19-17(20)10-7-15-11-12-18-13-15;/h5-6,8-9,15,18H,2-4,7,10-13H2,1H3,(H,19,20);1H. The Labute approximate surface area is 134 Å². The molecule has 1 saturated heterocycles. The van der Waals surface area contributed by atoms with Crippen LogP contribution in [-0.4, -0.2) is 19.0 Å². The molecular formula is C17H27ClN2O. The van der Waals surface area contributed by atoms with Crippen molar-refractivity contribution in [1.29, 1.82) is 0 Å². The van der Waals surface area contributed by atoms with Gasteiger partial charge in [0.25, 0.3) is 0 Å². The second-order valence-corrected chi connectivity index (χ2v) is 5.75. The lowest BCUT2D eigenvalue weighted by Crippen LogP contribution is -2.15. The number of carbonyl (C=O) groups is 1. The van der Waals surface area contributed by atoms with Crippen LogP contribution in [0.15, 0.2) is 24.3 Å². The molecule has 0 aliphatic carbocycles. The maximum atomic E-state index is 11.9. The van der Waals surface area contributed by atoms with Gasteiger partial charge < -0.3 is 10.6 Å². The van der Waals surface area contributed by atoms with Crippen molar-refractivity contribution in [3.05, 3.63) is 29.8 Å². The van der Waals surface area contributed by atoms with Crippen LogP contribution >= 0.6 is 12.4 Å². The van der Waals surface area contributed by atoms with Gasteiger partial charge in [-0.1, -0.05) is 25.5 Å². The fourth-order valence-electron chi connectivity index (χ4n) is 2.66. The summed E-state index contributed by atoms with van der Waals surface area (Å²) in [7, 11) is 0. The first-order valence-electron chi connectivity index (χ1n) is 7.87. The Morgan fingerprint density at radius 2 is 2.10 bits per heavy atom. The van der Waals surface area contributed by atoms with E-state index in [1.54, 1.807) is 0 Å². The van der Waals surface area contributed by atoms with Crippen molar-refractivity contribution in [2.45, 2.75) is 45.4 Å². The zero-order valence-corrected chi connectivity index (χ0v) is 13.7. The molecule has 1 unspecified atom stereocenters. The molecule has 0 spiro atoms. The normalized spacial score (nSPS) is 17.3. The van der Waals surface area contributed by atoms with E-state index in [4.69, 9.17) is 0 Å². The maximum absolute atomic E-state index is 11.9. The minimum Gasteiger partial charge on any atom is -0.326 e. The minimum atomic E-state index is 0. The third kappa shape index (κ3) is 6.49. The lowest BCUT2D eigenvalue weighted by molar-refractivity contribution is -0.116. The molecule has 1 aromatic rings. The predicted octanol–water partition coefficient (Wildman–Crippen LogP) is 3.78. The van der Waals surface area contributed by atoms with Crippen molar-refractivity contribution >= 4 is 24.0 Å². The van der Waals surface area contributed by atoms with E-state index in [0.29, 0.717) is 12.3 Å². The summed E-state index contributed by atoms with van der Waals surface area (Å²) in [6, 6.07) is 8.26. The van der Waals surface area contributed by atoms with Crippen LogP contribution in [0.25, 0.3) is 0 Å². The van der Waals surface area contributed by atoms with E-state index in [-0.39, 0.29) is 18.3 Å². The molecule has 1 aliphatic rings. The first-order chi connectivity index (χ1) is 9.78. The maximum Gasteiger partial charge on any atom is 0.224 e. The fraction of sp³-hybridized carbons (Fsp3) is 0.588. The first kappa shape index (κ1) is 18.0. The van der Waals surface area contributed by atoms with Gasteiger partial charge in [0.2, 0.25) is 5.91 Å². The second-order valence-electron chi connectivity index (χ2n) is 5.75. The third-order valence-corrected chi connectivity index (χ3v) is 4.00. The summed E-state index contributed by atoms with van der Waals surface area (Å²) in [4.78, 5) is 11.9. The summed E-state index contributed by atoms with van der Waals surface area (Å²) >= 11 is 0. The van der Waals surface area contributed by atoms with E-state index >= 15 is 0 Å². The summed E-state index contributed by atoms with van der Waals surface area (Å²) in [5.41, 5.74) is 2.27. The van der Waals surface area contributed by atoms with E-state index in [9.17, 15) is 4.79 Å². The number of aryl methyl sites for hydroxylation is 1. The number of anilines is 1. The molecule has 1 heterocycles. The van der Waals surface area contributed by atoms with Crippen LogP contribution in [0.2, 0.25) is 0 Å². The highest BCUT2D eigenvalue weighted by Gasteiger charge is 2.15. The SMILES string of the molecule is CCCCc1ccc(NC(=O)CCC2CCNC2)cc1.Cl. The Hall–Kier alpha value is -1.06. The number of unbranched alkanes of at least 4 members (excludes halogenated alkanes) is 1. The van der Waals surface area contributed by atoms with Crippen LogP contribution < -0.4 is 10.6 Å². The average Bonchev–Trinajstić information content (AvgIpc) is 2.98. The number of halogens is 1. The van der Waals surface area contributed by atoms with E-state index in [1.807, 2.05) is 12.1 Å². The van der Waals surface area contributed by atoms with Gasteiger partial charge in [-0.3, -0.25) is 4.79 Å². The lowest BCUT2D eigenvalue weighted by Gasteiger charge is -2.09. The molecule has 0 aromatic heterocycles. The molecule has 21 heavy (non-hydrogen) atoms. The molecule has 1 fully saturated rings. The molecule has 118 valence electrons. The summed E-state index contributed by atoms with van der Waals surface area (Å²) in [6.45, 7) is 4.37. The smallest absolute Gasteiger partial charge is 0.224 e. The number of rotatable bonds is 7. The van der Waals surface area contributed by atoms with Crippen LogP contribution in [0.1, 0.15) is 44.6 Å². The van der Waals surface area contributed by atoms with Gasteiger partial charge >= 0.3 is 0 Å². The minimum absolute atomic E-state index is 0. The Bertz CT molecular complexity index is 413.